The highest BCUT2D eigenvalue weighted by molar-refractivity contribution is 5.91. The van der Waals surface area contributed by atoms with E-state index in [1.165, 1.54) is 0 Å². The predicted molar refractivity (Wildman–Crippen MR) is 92.0 cm³/mol. The summed E-state index contributed by atoms with van der Waals surface area (Å²) in [7, 11) is 0. The molecule has 3 amide bonds. The average Bonchev–Trinajstić information content (AvgIpc) is 3.22. The summed E-state index contributed by atoms with van der Waals surface area (Å²) in [6, 6.07) is 7.26. The number of amides is 3. The van der Waals surface area contributed by atoms with Gasteiger partial charge in [-0.25, -0.2) is 9.78 Å². The molecular formula is C18H20N4O3. The van der Waals surface area contributed by atoms with Gasteiger partial charge in [-0.05, 0) is 38.0 Å². The molecule has 1 saturated heterocycles. The molecule has 1 aromatic carbocycles. The number of carbonyl (C=O) groups excluding carboxylic acids is 2. The summed E-state index contributed by atoms with van der Waals surface area (Å²) in [5.74, 6) is 1.38. The first-order valence-electron chi connectivity index (χ1n) is 8.48. The summed E-state index contributed by atoms with van der Waals surface area (Å²) in [6.45, 7) is 2.44. The molecule has 7 heteroatoms. The summed E-state index contributed by atoms with van der Waals surface area (Å²) < 4.78 is 5.51. The first-order chi connectivity index (χ1) is 12.1. The van der Waals surface area contributed by atoms with Gasteiger partial charge in [-0.2, -0.15) is 0 Å². The van der Waals surface area contributed by atoms with Crippen LogP contribution in [0.3, 0.4) is 0 Å². The van der Waals surface area contributed by atoms with Gasteiger partial charge in [0, 0.05) is 30.3 Å². The Morgan fingerprint density at radius 2 is 2.20 bits per heavy atom. The fraction of sp³-hybridized carbons (Fsp3) is 0.389. The fourth-order valence-electron chi connectivity index (χ4n) is 3.14. The van der Waals surface area contributed by atoms with E-state index in [-0.39, 0.29) is 18.0 Å². The van der Waals surface area contributed by atoms with Crippen molar-refractivity contribution in [3.63, 3.8) is 0 Å². The Hall–Kier alpha value is -2.83. The monoisotopic (exact) mass is 340 g/mol. The lowest BCUT2D eigenvalue weighted by atomic mass is 10.2. The van der Waals surface area contributed by atoms with Crippen LogP contribution in [0.5, 0.6) is 0 Å². The molecule has 7 nitrogen and oxygen atoms in total. The summed E-state index contributed by atoms with van der Waals surface area (Å²) in [5.41, 5.74) is 1.44. The lowest BCUT2D eigenvalue weighted by molar-refractivity contribution is -0.128. The maximum absolute atomic E-state index is 12.2. The van der Waals surface area contributed by atoms with E-state index in [0.29, 0.717) is 30.6 Å². The smallest absolute Gasteiger partial charge is 0.319 e. The maximum Gasteiger partial charge on any atom is 0.319 e. The lowest BCUT2D eigenvalue weighted by Gasteiger charge is -2.16. The van der Waals surface area contributed by atoms with Crippen molar-refractivity contribution in [1.29, 1.82) is 0 Å². The number of hydrogen-bond donors (Lipinski definition) is 2. The largest absolute Gasteiger partial charge is 0.441 e. The highest BCUT2D eigenvalue weighted by atomic mass is 16.4. The van der Waals surface area contributed by atoms with E-state index in [1.807, 2.05) is 24.0 Å². The predicted octanol–water partition coefficient (Wildman–Crippen LogP) is 2.53. The Labute approximate surface area is 145 Å². The normalized spacial score (nSPS) is 20.0. The molecule has 2 aliphatic rings. The quantitative estimate of drug-likeness (QED) is 0.895. The molecule has 1 saturated carbocycles. The first kappa shape index (κ1) is 15.7. The van der Waals surface area contributed by atoms with Crippen molar-refractivity contribution in [2.75, 3.05) is 11.9 Å². The summed E-state index contributed by atoms with van der Waals surface area (Å²) in [6.07, 6.45) is 4.19. The van der Waals surface area contributed by atoms with Crippen LogP contribution in [-0.2, 0) is 4.79 Å². The molecule has 0 spiro atoms. The minimum atomic E-state index is -0.309. The topological polar surface area (TPSA) is 87.5 Å². The lowest BCUT2D eigenvalue weighted by Crippen LogP contribution is -2.40. The molecule has 2 N–H and O–H groups in total. The Bertz CT molecular complexity index is 812. The van der Waals surface area contributed by atoms with Gasteiger partial charge in [-0.1, -0.05) is 6.07 Å². The number of aromatic nitrogens is 1. The van der Waals surface area contributed by atoms with Gasteiger partial charge in [-0.3, -0.25) is 4.79 Å². The van der Waals surface area contributed by atoms with Gasteiger partial charge in [0.15, 0.2) is 0 Å². The van der Waals surface area contributed by atoms with Crippen LogP contribution in [0.25, 0.3) is 11.5 Å². The Morgan fingerprint density at radius 1 is 1.36 bits per heavy atom. The zero-order valence-corrected chi connectivity index (χ0v) is 14.0. The number of hydrogen-bond acceptors (Lipinski definition) is 4. The molecule has 1 aromatic heterocycles. The van der Waals surface area contributed by atoms with E-state index >= 15 is 0 Å². The molecule has 1 atom stereocenters. The molecule has 1 unspecified atom stereocenters. The summed E-state index contributed by atoms with van der Waals surface area (Å²) >= 11 is 0. The third kappa shape index (κ3) is 3.50. The highest BCUT2D eigenvalue weighted by Gasteiger charge is 2.39. The zero-order valence-electron chi connectivity index (χ0n) is 14.0. The fourth-order valence-corrected chi connectivity index (χ4v) is 3.14. The number of anilines is 1. The van der Waals surface area contributed by atoms with E-state index in [1.54, 1.807) is 18.3 Å². The van der Waals surface area contributed by atoms with Crippen molar-refractivity contribution in [3.05, 3.63) is 36.2 Å². The SMILES string of the molecule is Cc1cnc(-c2cccc(NC(=O)NC3CC(=O)N(C4CC4)C3)c2)o1. The molecule has 4 rings (SSSR count). The Morgan fingerprint density at radius 3 is 2.92 bits per heavy atom. The number of aryl methyl sites for hydroxylation is 1. The van der Waals surface area contributed by atoms with Crippen LogP contribution in [0.15, 0.2) is 34.9 Å². The summed E-state index contributed by atoms with van der Waals surface area (Å²) in [5, 5.41) is 5.69. The third-order valence-electron chi connectivity index (χ3n) is 4.47. The van der Waals surface area contributed by atoms with Crippen molar-refractivity contribution in [1.82, 2.24) is 15.2 Å². The molecule has 130 valence electrons. The average molecular weight is 340 g/mol. The molecule has 0 bridgehead atoms. The molecule has 1 aliphatic carbocycles. The van der Waals surface area contributed by atoms with E-state index < -0.39 is 0 Å². The van der Waals surface area contributed by atoms with Crippen molar-refractivity contribution in [2.24, 2.45) is 0 Å². The second-order valence-electron chi connectivity index (χ2n) is 6.63. The van der Waals surface area contributed by atoms with Gasteiger partial charge < -0.3 is 20.0 Å². The maximum atomic E-state index is 12.2. The van der Waals surface area contributed by atoms with Gasteiger partial charge in [0.2, 0.25) is 11.8 Å². The van der Waals surface area contributed by atoms with E-state index in [0.717, 1.165) is 24.2 Å². The van der Waals surface area contributed by atoms with Crippen LogP contribution in [0.4, 0.5) is 10.5 Å². The van der Waals surface area contributed by atoms with E-state index in [2.05, 4.69) is 15.6 Å². The van der Waals surface area contributed by atoms with Crippen LogP contribution in [-0.4, -0.2) is 40.5 Å². The third-order valence-corrected chi connectivity index (χ3v) is 4.47. The number of likely N-dealkylation sites (tertiary alicyclic amines) is 1. The molecule has 1 aliphatic heterocycles. The standard InChI is InChI=1S/C18H20N4O3/c1-11-9-19-17(25-11)12-3-2-4-13(7-12)20-18(24)21-14-8-16(23)22(10-14)15-5-6-15/h2-4,7,9,14-15H,5-6,8,10H2,1H3,(H2,20,21,24). The number of nitrogens with zero attached hydrogens (tertiary/aromatic N) is 2. The number of urea groups is 1. The molecule has 2 heterocycles. The second kappa shape index (κ2) is 6.23. The van der Waals surface area contributed by atoms with Gasteiger partial charge in [0.1, 0.15) is 5.76 Å². The van der Waals surface area contributed by atoms with Crippen LogP contribution in [0, 0.1) is 6.92 Å². The molecule has 2 fully saturated rings. The minimum Gasteiger partial charge on any atom is -0.441 e. The van der Waals surface area contributed by atoms with Gasteiger partial charge in [0.05, 0.1) is 12.2 Å². The van der Waals surface area contributed by atoms with Crippen LogP contribution in [0.1, 0.15) is 25.0 Å². The molecule has 2 aromatic rings. The summed E-state index contributed by atoms with van der Waals surface area (Å²) in [4.78, 5) is 30.3. The number of rotatable bonds is 4. The van der Waals surface area contributed by atoms with Crippen LogP contribution < -0.4 is 10.6 Å². The molecular weight excluding hydrogens is 320 g/mol. The van der Waals surface area contributed by atoms with Gasteiger partial charge >= 0.3 is 6.03 Å². The zero-order chi connectivity index (χ0) is 17.4. The van der Waals surface area contributed by atoms with Crippen molar-refractivity contribution < 1.29 is 14.0 Å². The number of benzene rings is 1. The number of oxazole rings is 1. The first-order valence-corrected chi connectivity index (χ1v) is 8.48. The Balaban J connectivity index is 1.37. The van der Waals surface area contributed by atoms with Gasteiger partial charge in [-0.15, -0.1) is 0 Å². The minimum absolute atomic E-state index is 0.133. The van der Waals surface area contributed by atoms with Crippen LogP contribution in [0.2, 0.25) is 0 Å². The van der Waals surface area contributed by atoms with Crippen molar-refractivity contribution in [2.45, 2.75) is 38.3 Å². The molecule has 25 heavy (non-hydrogen) atoms. The highest BCUT2D eigenvalue weighted by Crippen LogP contribution is 2.30. The van der Waals surface area contributed by atoms with Gasteiger partial charge in [0.25, 0.3) is 0 Å². The molecule has 0 radical (unpaired) electrons. The van der Waals surface area contributed by atoms with E-state index in [9.17, 15) is 9.59 Å². The number of carbonyl (C=O) groups is 2. The second-order valence-corrected chi connectivity index (χ2v) is 6.63. The van der Waals surface area contributed by atoms with Crippen molar-refractivity contribution >= 4 is 17.6 Å². The van der Waals surface area contributed by atoms with Crippen LogP contribution >= 0.6 is 0 Å². The van der Waals surface area contributed by atoms with Crippen molar-refractivity contribution in [3.8, 4) is 11.5 Å². The van der Waals surface area contributed by atoms with E-state index in [4.69, 9.17) is 4.42 Å². The Kier molecular flexibility index (Phi) is 3.91. The number of nitrogens with one attached hydrogen (secondary N) is 2.